The standard InChI is InChI=1S/C12H20N2O3S/c1-3-9(4-2)8-14-18(16,17)10-5-6-12(15)11(13)7-10/h5-7,9,14-15H,3-4,8,13H2,1-2H3. The summed E-state index contributed by atoms with van der Waals surface area (Å²) in [6, 6.07) is 3.87. The zero-order chi connectivity index (χ0) is 13.8. The average Bonchev–Trinajstić information content (AvgIpc) is 2.33. The molecule has 4 N–H and O–H groups in total. The number of phenols is 1. The number of rotatable bonds is 6. The maximum absolute atomic E-state index is 12.0. The van der Waals surface area contributed by atoms with Gasteiger partial charge in [-0.25, -0.2) is 13.1 Å². The summed E-state index contributed by atoms with van der Waals surface area (Å²) >= 11 is 0. The number of anilines is 1. The fourth-order valence-electron chi connectivity index (χ4n) is 1.59. The van der Waals surface area contributed by atoms with E-state index in [0.29, 0.717) is 12.5 Å². The highest BCUT2D eigenvalue weighted by Gasteiger charge is 2.16. The molecule has 1 aromatic rings. The number of nitrogens with one attached hydrogen (secondary N) is 1. The van der Waals surface area contributed by atoms with Crippen molar-refractivity contribution >= 4 is 15.7 Å². The van der Waals surface area contributed by atoms with Gasteiger partial charge in [-0.2, -0.15) is 0 Å². The van der Waals surface area contributed by atoms with E-state index in [2.05, 4.69) is 4.72 Å². The lowest BCUT2D eigenvalue weighted by Gasteiger charge is -2.14. The Morgan fingerprint density at radius 1 is 1.33 bits per heavy atom. The second-order valence-corrected chi connectivity index (χ2v) is 6.02. The number of hydrogen-bond acceptors (Lipinski definition) is 4. The van der Waals surface area contributed by atoms with Crippen LogP contribution in [0.3, 0.4) is 0 Å². The second kappa shape index (κ2) is 6.06. The number of phenolic OH excluding ortho intramolecular Hbond substituents is 1. The van der Waals surface area contributed by atoms with Gasteiger partial charge in [-0.1, -0.05) is 26.7 Å². The van der Waals surface area contributed by atoms with Crippen molar-refractivity contribution in [3.8, 4) is 5.75 Å². The zero-order valence-electron chi connectivity index (χ0n) is 10.7. The van der Waals surface area contributed by atoms with Gasteiger partial charge >= 0.3 is 0 Å². The molecule has 5 nitrogen and oxygen atoms in total. The van der Waals surface area contributed by atoms with Crippen LogP contribution in [0.1, 0.15) is 26.7 Å². The van der Waals surface area contributed by atoms with Gasteiger partial charge in [0, 0.05) is 6.54 Å². The molecule has 0 amide bonds. The SMILES string of the molecule is CCC(CC)CNS(=O)(=O)c1ccc(O)c(N)c1. The Labute approximate surface area is 108 Å². The molecule has 0 spiro atoms. The van der Waals surface area contributed by atoms with E-state index in [-0.39, 0.29) is 16.3 Å². The second-order valence-electron chi connectivity index (χ2n) is 4.26. The van der Waals surface area contributed by atoms with Crippen molar-refractivity contribution in [3.05, 3.63) is 18.2 Å². The number of benzene rings is 1. The molecule has 0 unspecified atom stereocenters. The monoisotopic (exact) mass is 272 g/mol. The van der Waals surface area contributed by atoms with E-state index in [1.807, 2.05) is 13.8 Å². The predicted molar refractivity (Wildman–Crippen MR) is 71.8 cm³/mol. The molecule has 0 bridgehead atoms. The maximum Gasteiger partial charge on any atom is 0.240 e. The quantitative estimate of drug-likeness (QED) is 0.542. The first-order valence-corrected chi connectivity index (χ1v) is 7.47. The van der Waals surface area contributed by atoms with Gasteiger partial charge in [-0.3, -0.25) is 0 Å². The first-order chi connectivity index (χ1) is 8.40. The van der Waals surface area contributed by atoms with Crippen LogP contribution in [0.25, 0.3) is 0 Å². The maximum atomic E-state index is 12.0. The number of hydrogen-bond donors (Lipinski definition) is 3. The predicted octanol–water partition coefficient (Wildman–Crippen LogP) is 1.69. The van der Waals surface area contributed by atoms with Crippen LogP contribution in [0.2, 0.25) is 0 Å². The summed E-state index contributed by atoms with van der Waals surface area (Å²) < 4.78 is 26.5. The normalized spacial score (nSPS) is 11.9. The van der Waals surface area contributed by atoms with Gasteiger partial charge in [0.2, 0.25) is 10.0 Å². The number of sulfonamides is 1. The molecule has 0 atom stereocenters. The highest BCUT2D eigenvalue weighted by atomic mass is 32.2. The molecule has 0 aromatic heterocycles. The fourth-order valence-corrected chi connectivity index (χ4v) is 2.74. The van der Waals surface area contributed by atoms with E-state index >= 15 is 0 Å². The van der Waals surface area contributed by atoms with E-state index in [1.165, 1.54) is 18.2 Å². The lowest BCUT2D eigenvalue weighted by Crippen LogP contribution is -2.29. The molecule has 0 radical (unpaired) electrons. The van der Waals surface area contributed by atoms with Crippen molar-refractivity contribution in [2.45, 2.75) is 31.6 Å². The highest BCUT2D eigenvalue weighted by molar-refractivity contribution is 7.89. The average molecular weight is 272 g/mol. The molecule has 102 valence electrons. The third kappa shape index (κ3) is 3.61. The summed E-state index contributed by atoms with van der Waals surface area (Å²) in [6.07, 6.45) is 1.85. The summed E-state index contributed by atoms with van der Waals surface area (Å²) in [6.45, 7) is 4.47. The molecule has 6 heteroatoms. The van der Waals surface area contributed by atoms with Crippen LogP contribution in [0, 0.1) is 5.92 Å². The molecule has 0 fully saturated rings. The van der Waals surface area contributed by atoms with E-state index in [1.54, 1.807) is 0 Å². The summed E-state index contributed by atoms with van der Waals surface area (Å²) in [5.41, 5.74) is 5.54. The first-order valence-electron chi connectivity index (χ1n) is 5.98. The molecule has 0 heterocycles. The van der Waals surface area contributed by atoms with Gasteiger partial charge in [0.05, 0.1) is 10.6 Å². The van der Waals surface area contributed by atoms with Crippen LogP contribution in [-0.4, -0.2) is 20.1 Å². The van der Waals surface area contributed by atoms with Gasteiger partial charge in [0.15, 0.2) is 0 Å². The van der Waals surface area contributed by atoms with Crippen LogP contribution in [-0.2, 0) is 10.0 Å². The Kier molecular flexibility index (Phi) is 4.98. The first kappa shape index (κ1) is 14.8. The van der Waals surface area contributed by atoms with Crippen molar-refractivity contribution in [1.82, 2.24) is 4.72 Å². The van der Waals surface area contributed by atoms with Crippen LogP contribution in [0.4, 0.5) is 5.69 Å². The number of aromatic hydroxyl groups is 1. The van der Waals surface area contributed by atoms with E-state index in [4.69, 9.17) is 5.73 Å². The molecule has 0 saturated carbocycles. The molecule has 0 aliphatic carbocycles. The minimum atomic E-state index is -3.56. The number of nitrogens with two attached hydrogens (primary N) is 1. The van der Waals surface area contributed by atoms with Gasteiger partial charge in [-0.15, -0.1) is 0 Å². The Bertz CT molecular complexity index is 496. The van der Waals surface area contributed by atoms with Gasteiger partial charge in [-0.05, 0) is 24.1 Å². The van der Waals surface area contributed by atoms with Crippen molar-refractivity contribution < 1.29 is 13.5 Å². The summed E-state index contributed by atoms with van der Waals surface area (Å²) in [5.74, 6) is 0.211. The molecule has 1 aromatic carbocycles. The third-order valence-corrected chi connectivity index (χ3v) is 4.45. The lowest BCUT2D eigenvalue weighted by atomic mass is 10.0. The Morgan fingerprint density at radius 2 is 1.94 bits per heavy atom. The van der Waals surface area contributed by atoms with Crippen LogP contribution in [0.15, 0.2) is 23.1 Å². The van der Waals surface area contributed by atoms with Gasteiger partial charge in [0.1, 0.15) is 5.75 Å². The highest BCUT2D eigenvalue weighted by Crippen LogP contribution is 2.23. The topological polar surface area (TPSA) is 92.4 Å². The van der Waals surface area contributed by atoms with Crippen LogP contribution >= 0.6 is 0 Å². The third-order valence-electron chi connectivity index (χ3n) is 3.03. The molecule has 0 saturated heterocycles. The van der Waals surface area contributed by atoms with Crippen molar-refractivity contribution in [3.63, 3.8) is 0 Å². The number of nitrogen functional groups attached to an aromatic ring is 1. The summed E-state index contributed by atoms with van der Waals surface area (Å²) in [7, 11) is -3.56. The molecule has 1 rings (SSSR count). The van der Waals surface area contributed by atoms with Crippen LogP contribution in [0.5, 0.6) is 5.75 Å². The van der Waals surface area contributed by atoms with Crippen molar-refractivity contribution in [1.29, 1.82) is 0 Å². The minimum absolute atomic E-state index is 0.0559. The largest absolute Gasteiger partial charge is 0.506 e. The Hall–Kier alpha value is -1.27. The minimum Gasteiger partial charge on any atom is -0.506 e. The van der Waals surface area contributed by atoms with Crippen molar-refractivity contribution in [2.24, 2.45) is 5.92 Å². The van der Waals surface area contributed by atoms with Crippen LogP contribution < -0.4 is 10.5 Å². The summed E-state index contributed by atoms with van der Waals surface area (Å²) in [4.78, 5) is 0.0729. The zero-order valence-corrected chi connectivity index (χ0v) is 11.5. The molecule has 0 aliphatic rings. The Balaban J connectivity index is 2.83. The Morgan fingerprint density at radius 3 is 2.44 bits per heavy atom. The van der Waals surface area contributed by atoms with E-state index < -0.39 is 10.0 Å². The van der Waals surface area contributed by atoms with E-state index in [9.17, 15) is 13.5 Å². The van der Waals surface area contributed by atoms with E-state index in [0.717, 1.165) is 12.8 Å². The molecular weight excluding hydrogens is 252 g/mol. The van der Waals surface area contributed by atoms with Crippen molar-refractivity contribution in [2.75, 3.05) is 12.3 Å². The lowest BCUT2D eigenvalue weighted by molar-refractivity contribution is 0.476. The smallest absolute Gasteiger partial charge is 0.240 e. The van der Waals surface area contributed by atoms with Gasteiger partial charge < -0.3 is 10.8 Å². The summed E-state index contributed by atoms with van der Waals surface area (Å²) in [5, 5.41) is 9.26. The fraction of sp³-hybridized carbons (Fsp3) is 0.500. The molecule has 18 heavy (non-hydrogen) atoms. The van der Waals surface area contributed by atoms with Gasteiger partial charge in [0.25, 0.3) is 0 Å². The molecule has 0 aliphatic heterocycles. The molecular formula is C12H20N2O3S.